The first-order valence-electron chi connectivity index (χ1n) is 8.19. The number of thioether (sulfide) groups is 1. The van der Waals surface area contributed by atoms with E-state index in [1.165, 1.54) is 18.0 Å². The molecule has 3 aromatic heterocycles. The molecule has 0 aliphatic carbocycles. The van der Waals surface area contributed by atoms with Crippen LogP contribution in [0.25, 0.3) is 0 Å². The fourth-order valence-electron chi connectivity index (χ4n) is 2.22. The summed E-state index contributed by atoms with van der Waals surface area (Å²) in [5.74, 6) is 1.22. The number of furan rings is 1. The Bertz CT molecular complexity index is 908. The van der Waals surface area contributed by atoms with Crippen molar-refractivity contribution in [2.24, 2.45) is 0 Å². The maximum atomic E-state index is 12.4. The molecule has 140 valence electrons. The van der Waals surface area contributed by atoms with Crippen LogP contribution in [0.2, 0.25) is 0 Å². The Hall–Kier alpha value is -3.07. The molecule has 0 fully saturated rings. The molecule has 0 aliphatic rings. The molecule has 0 unspecified atom stereocenters. The van der Waals surface area contributed by atoms with Gasteiger partial charge in [0.25, 0.3) is 5.91 Å². The van der Waals surface area contributed by atoms with E-state index in [2.05, 4.69) is 20.8 Å². The summed E-state index contributed by atoms with van der Waals surface area (Å²) in [5, 5.41) is 9.75. The second kappa shape index (κ2) is 9.04. The van der Waals surface area contributed by atoms with Crippen LogP contribution in [0.5, 0.6) is 0 Å². The lowest BCUT2D eigenvalue weighted by Gasteiger charge is -2.09. The summed E-state index contributed by atoms with van der Waals surface area (Å²) < 4.78 is 10.2. The molecule has 0 saturated carbocycles. The number of carbonyl (C=O) groups excluding carboxylic acids is 2. The molecule has 3 aromatic rings. The second-order valence-corrected chi connectivity index (χ2v) is 6.58. The molecule has 2 N–H and O–H groups in total. The Morgan fingerprint density at radius 3 is 2.85 bits per heavy atom. The highest BCUT2D eigenvalue weighted by molar-refractivity contribution is 7.98. The van der Waals surface area contributed by atoms with E-state index < -0.39 is 0 Å². The van der Waals surface area contributed by atoms with Crippen LogP contribution >= 0.6 is 11.8 Å². The van der Waals surface area contributed by atoms with E-state index in [9.17, 15) is 9.59 Å². The summed E-state index contributed by atoms with van der Waals surface area (Å²) in [6, 6.07) is 8.67. The first-order chi connectivity index (χ1) is 13.1. The minimum atomic E-state index is -0.366. The highest BCUT2D eigenvalue weighted by Gasteiger charge is 2.14. The molecular weight excluding hydrogens is 368 g/mol. The van der Waals surface area contributed by atoms with Crippen molar-refractivity contribution in [1.82, 2.24) is 20.8 Å². The largest absolute Gasteiger partial charge is 0.467 e. The van der Waals surface area contributed by atoms with Gasteiger partial charge in [-0.1, -0.05) is 16.9 Å². The third-order valence-corrected chi connectivity index (χ3v) is 4.54. The number of hydrogen-bond acceptors (Lipinski definition) is 7. The molecule has 9 heteroatoms. The maximum Gasteiger partial charge on any atom is 0.254 e. The Labute approximate surface area is 159 Å². The molecule has 27 heavy (non-hydrogen) atoms. The third-order valence-electron chi connectivity index (χ3n) is 3.50. The number of rotatable bonds is 8. The number of aryl methyl sites for hydroxylation is 1. The molecule has 3 heterocycles. The zero-order chi connectivity index (χ0) is 19.1. The maximum absolute atomic E-state index is 12.4. The van der Waals surface area contributed by atoms with Gasteiger partial charge in [0.1, 0.15) is 16.5 Å². The fourth-order valence-corrected chi connectivity index (χ4v) is 3.10. The van der Waals surface area contributed by atoms with Crippen LogP contribution in [-0.4, -0.2) is 28.5 Å². The van der Waals surface area contributed by atoms with Crippen molar-refractivity contribution < 1.29 is 18.5 Å². The summed E-state index contributed by atoms with van der Waals surface area (Å²) in [6.07, 6.45) is 3.15. The Morgan fingerprint density at radius 1 is 1.22 bits per heavy atom. The normalized spacial score (nSPS) is 10.6. The van der Waals surface area contributed by atoms with Gasteiger partial charge in [0.05, 0.1) is 30.6 Å². The molecule has 0 bridgehead atoms. The topological polar surface area (TPSA) is 110 Å². The van der Waals surface area contributed by atoms with Crippen LogP contribution in [0.15, 0.2) is 56.8 Å². The van der Waals surface area contributed by atoms with Gasteiger partial charge in [0.2, 0.25) is 5.91 Å². The standard InChI is InChI=1S/C18H18N4O4S/c1-12-8-13(22-26-12)11-27-18-15(5-2-6-19-18)17(24)21-10-16(23)20-9-14-4-3-7-25-14/h2-8H,9-11H2,1H3,(H,20,23)(H,21,24). The Balaban J connectivity index is 1.52. The summed E-state index contributed by atoms with van der Waals surface area (Å²) in [5.41, 5.74) is 1.17. The number of hydrogen-bond donors (Lipinski definition) is 2. The number of amides is 2. The lowest BCUT2D eigenvalue weighted by atomic mass is 10.2. The average Bonchev–Trinajstić information content (AvgIpc) is 3.34. The first-order valence-corrected chi connectivity index (χ1v) is 9.17. The lowest BCUT2D eigenvalue weighted by molar-refractivity contribution is -0.120. The van der Waals surface area contributed by atoms with Crippen molar-refractivity contribution in [3.05, 3.63) is 65.6 Å². The number of pyridine rings is 1. The lowest BCUT2D eigenvalue weighted by Crippen LogP contribution is -2.36. The molecule has 0 radical (unpaired) electrons. The van der Waals surface area contributed by atoms with E-state index in [0.29, 0.717) is 22.1 Å². The van der Waals surface area contributed by atoms with Crippen molar-refractivity contribution in [1.29, 1.82) is 0 Å². The summed E-state index contributed by atoms with van der Waals surface area (Å²) in [7, 11) is 0. The SMILES string of the molecule is Cc1cc(CSc2ncccc2C(=O)NCC(=O)NCc2ccco2)no1. The molecule has 0 spiro atoms. The third kappa shape index (κ3) is 5.45. The monoisotopic (exact) mass is 386 g/mol. The van der Waals surface area contributed by atoms with Gasteiger partial charge in [0.15, 0.2) is 0 Å². The summed E-state index contributed by atoms with van der Waals surface area (Å²) in [4.78, 5) is 28.5. The molecule has 0 aliphatic heterocycles. The molecular formula is C18H18N4O4S. The number of nitrogens with zero attached hydrogens (tertiary/aromatic N) is 2. The van der Waals surface area contributed by atoms with E-state index in [4.69, 9.17) is 8.94 Å². The van der Waals surface area contributed by atoms with Gasteiger partial charge in [0, 0.05) is 18.0 Å². The number of nitrogens with one attached hydrogen (secondary N) is 2. The Morgan fingerprint density at radius 2 is 2.11 bits per heavy atom. The van der Waals surface area contributed by atoms with Gasteiger partial charge in [-0.3, -0.25) is 9.59 Å². The first kappa shape index (κ1) is 18.7. The van der Waals surface area contributed by atoms with Crippen LogP contribution in [0.1, 0.15) is 27.6 Å². The van der Waals surface area contributed by atoms with Crippen molar-refractivity contribution in [2.45, 2.75) is 24.2 Å². The van der Waals surface area contributed by atoms with Gasteiger partial charge in [-0.15, -0.1) is 0 Å². The number of carbonyl (C=O) groups is 2. The van der Waals surface area contributed by atoms with E-state index in [1.54, 1.807) is 30.5 Å². The fraction of sp³-hybridized carbons (Fsp3) is 0.222. The van der Waals surface area contributed by atoms with Gasteiger partial charge in [-0.05, 0) is 31.2 Å². The highest BCUT2D eigenvalue weighted by Crippen LogP contribution is 2.24. The van der Waals surface area contributed by atoms with Gasteiger partial charge in [-0.25, -0.2) is 4.98 Å². The molecule has 3 rings (SSSR count). The van der Waals surface area contributed by atoms with Crippen LogP contribution in [0.4, 0.5) is 0 Å². The van der Waals surface area contributed by atoms with Crippen molar-refractivity contribution >= 4 is 23.6 Å². The Kier molecular flexibility index (Phi) is 6.26. The van der Waals surface area contributed by atoms with Gasteiger partial charge in [-0.2, -0.15) is 0 Å². The summed E-state index contributed by atoms with van der Waals surface area (Å²) in [6.45, 7) is 1.95. The van der Waals surface area contributed by atoms with Crippen molar-refractivity contribution in [3.8, 4) is 0 Å². The van der Waals surface area contributed by atoms with E-state index in [1.807, 2.05) is 13.0 Å². The zero-order valence-electron chi connectivity index (χ0n) is 14.6. The summed E-state index contributed by atoms with van der Waals surface area (Å²) >= 11 is 1.38. The van der Waals surface area contributed by atoms with E-state index >= 15 is 0 Å². The van der Waals surface area contributed by atoms with Crippen LogP contribution < -0.4 is 10.6 Å². The van der Waals surface area contributed by atoms with Crippen LogP contribution in [-0.2, 0) is 17.1 Å². The smallest absolute Gasteiger partial charge is 0.254 e. The predicted molar refractivity (Wildman–Crippen MR) is 97.9 cm³/mol. The van der Waals surface area contributed by atoms with Gasteiger partial charge >= 0.3 is 0 Å². The van der Waals surface area contributed by atoms with Crippen LogP contribution in [0, 0.1) is 6.92 Å². The van der Waals surface area contributed by atoms with Gasteiger partial charge < -0.3 is 19.6 Å². The van der Waals surface area contributed by atoms with E-state index in [-0.39, 0.29) is 24.9 Å². The molecule has 8 nitrogen and oxygen atoms in total. The van der Waals surface area contributed by atoms with Crippen LogP contribution in [0.3, 0.4) is 0 Å². The predicted octanol–water partition coefficient (Wildman–Crippen LogP) is 2.31. The zero-order valence-corrected chi connectivity index (χ0v) is 15.4. The molecule has 0 aromatic carbocycles. The quantitative estimate of drug-likeness (QED) is 0.572. The minimum Gasteiger partial charge on any atom is -0.467 e. The second-order valence-electron chi connectivity index (χ2n) is 5.61. The number of aromatic nitrogens is 2. The molecule has 2 amide bonds. The molecule has 0 saturated heterocycles. The van der Waals surface area contributed by atoms with Crippen molar-refractivity contribution in [2.75, 3.05) is 6.54 Å². The van der Waals surface area contributed by atoms with Crippen molar-refractivity contribution in [3.63, 3.8) is 0 Å². The molecule has 0 atom stereocenters. The minimum absolute atomic E-state index is 0.138. The van der Waals surface area contributed by atoms with E-state index in [0.717, 1.165) is 11.5 Å². The average molecular weight is 386 g/mol. The highest BCUT2D eigenvalue weighted by atomic mass is 32.2.